The molecule has 0 radical (unpaired) electrons. The third kappa shape index (κ3) is 8.28. The molecular formula is C19H31N11O8. The van der Waals surface area contributed by atoms with Crippen LogP contribution < -0.4 is 54.4 Å². The second-order valence-electron chi connectivity index (χ2n) is 8.15. The molecule has 0 spiro atoms. The molecule has 19 heteroatoms. The minimum absolute atomic E-state index is 0.00237. The molecular weight excluding hydrogens is 510 g/mol. The van der Waals surface area contributed by atoms with Crippen LogP contribution in [0.4, 0.5) is 4.79 Å². The number of nitrogens with two attached hydrogens (primary N) is 3. The van der Waals surface area contributed by atoms with Crippen molar-refractivity contribution in [3.05, 3.63) is 11.9 Å². The molecule has 0 aliphatic carbocycles. The summed E-state index contributed by atoms with van der Waals surface area (Å²) in [4.78, 5) is 78.9. The van der Waals surface area contributed by atoms with Crippen LogP contribution >= 0.6 is 0 Å². The summed E-state index contributed by atoms with van der Waals surface area (Å²) in [5, 5.41) is 35.1. The number of aliphatic hydroxyl groups is 2. The lowest BCUT2D eigenvalue weighted by Crippen LogP contribution is -2.63. The number of amides is 7. The molecule has 5 atom stereocenters. The Hall–Kier alpha value is -4.49. The summed E-state index contributed by atoms with van der Waals surface area (Å²) < 4.78 is 0. The first-order valence-corrected chi connectivity index (χ1v) is 11.3. The summed E-state index contributed by atoms with van der Waals surface area (Å²) in [5.41, 5.74) is 15.9. The van der Waals surface area contributed by atoms with Gasteiger partial charge in [-0.3, -0.25) is 29.0 Å². The molecule has 2 heterocycles. The van der Waals surface area contributed by atoms with Crippen LogP contribution in [0.2, 0.25) is 0 Å². The van der Waals surface area contributed by atoms with Crippen molar-refractivity contribution in [1.82, 2.24) is 37.2 Å². The summed E-state index contributed by atoms with van der Waals surface area (Å²) in [5.74, 6) is -5.01. The summed E-state index contributed by atoms with van der Waals surface area (Å²) in [6.07, 6.45) is 0.980. The van der Waals surface area contributed by atoms with Crippen LogP contribution in [0.5, 0.6) is 0 Å². The Balaban J connectivity index is 2.46. The molecule has 19 nitrogen and oxygen atoms in total. The summed E-state index contributed by atoms with van der Waals surface area (Å²) >= 11 is 0. The molecule has 1 saturated heterocycles. The van der Waals surface area contributed by atoms with Crippen LogP contribution in [0.25, 0.3) is 0 Å². The molecule has 2 aliphatic heterocycles. The van der Waals surface area contributed by atoms with Gasteiger partial charge < -0.3 is 64.6 Å². The SMILES string of the molecule is NC(=O)NC=C1NC(=O)[C@H](CO)NC(=O)[C@H](CO)NC(=O)[C@@H](N)CNC(=O)[C@H](C2CCN=C(N)N2)NC1=O. The Labute approximate surface area is 215 Å². The maximum atomic E-state index is 13.1. The molecule has 38 heavy (non-hydrogen) atoms. The van der Waals surface area contributed by atoms with Crippen molar-refractivity contribution in [3.8, 4) is 0 Å². The fourth-order valence-corrected chi connectivity index (χ4v) is 3.32. The third-order valence-electron chi connectivity index (χ3n) is 5.35. The number of carbonyl (C=O) groups excluding carboxylic acids is 6. The highest BCUT2D eigenvalue weighted by Crippen LogP contribution is 2.07. The highest BCUT2D eigenvalue weighted by Gasteiger charge is 2.35. The minimum Gasteiger partial charge on any atom is -0.394 e. The van der Waals surface area contributed by atoms with Gasteiger partial charge in [-0.05, 0) is 6.42 Å². The zero-order valence-corrected chi connectivity index (χ0v) is 20.0. The molecule has 7 amide bonds. The van der Waals surface area contributed by atoms with E-state index in [0.717, 1.165) is 6.20 Å². The molecule has 2 aliphatic rings. The minimum atomic E-state index is -1.67. The largest absolute Gasteiger partial charge is 0.394 e. The van der Waals surface area contributed by atoms with E-state index >= 15 is 0 Å². The first-order valence-electron chi connectivity index (χ1n) is 11.3. The molecule has 0 aromatic heterocycles. The number of nitrogens with zero attached hydrogens (tertiary/aromatic N) is 1. The fourth-order valence-electron chi connectivity index (χ4n) is 3.32. The maximum absolute atomic E-state index is 13.1. The van der Waals surface area contributed by atoms with Gasteiger partial charge in [-0.2, -0.15) is 0 Å². The van der Waals surface area contributed by atoms with Gasteiger partial charge in [0.1, 0.15) is 29.9 Å². The Morgan fingerprint density at radius 3 is 2.21 bits per heavy atom. The number of primary amides is 1. The van der Waals surface area contributed by atoms with Crippen LogP contribution in [-0.4, -0.2) is 108 Å². The Bertz CT molecular complexity index is 1020. The van der Waals surface area contributed by atoms with Gasteiger partial charge in [-0.1, -0.05) is 0 Å². The van der Waals surface area contributed by atoms with E-state index in [9.17, 15) is 39.0 Å². The molecule has 210 valence electrons. The molecule has 15 N–H and O–H groups in total. The average molecular weight is 542 g/mol. The lowest BCUT2D eigenvalue weighted by molar-refractivity contribution is -0.134. The average Bonchev–Trinajstić information content (AvgIpc) is 2.88. The first-order chi connectivity index (χ1) is 18.0. The zero-order chi connectivity index (χ0) is 28.4. The van der Waals surface area contributed by atoms with E-state index < -0.39 is 91.2 Å². The first kappa shape index (κ1) is 29.7. The number of urea groups is 1. The van der Waals surface area contributed by atoms with Gasteiger partial charge in [0, 0.05) is 19.3 Å². The van der Waals surface area contributed by atoms with Gasteiger partial charge in [0.2, 0.25) is 23.6 Å². The lowest BCUT2D eigenvalue weighted by atomic mass is 10.0. The van der Waals surface area contributed by atoms with E-state index in [2.05, 4.69) is 36.9 Å². The van der Waals surface area contributed by atoms with E-state index in [0.29, 0.717) is 0 Å². The summed E-state index contributed by atoms with van der Waals surface area (Å²) in [6.45, 7) is -2.08. The number of hydrogen-bond acceptors (Lipinski definition) is 12. The van der Waals surface area contributed by atoms with Crippen molar-refractivity contribution in [2.24, 2.45) is 22.2 Å². The number of hydrogen-bond donors (Lipinski definition) is 12. The van der Waals surface area contributed by atoms with Crippen LogP contribution in [-0.2, 0) is 24.0 Å². The van der Waals surface area contributed by atoms with E-state index in [1.807, 2.05) is 5.32 Å². The molecule has 0 bridgehead atoms. The standard InChI is InChI=1S/C19H31N11O8/c20-7-3-24-17(37)12(8-1-2-23-18(21)29-8)30-14(34)9(4-25-19(22)38)26-15(35)11(6-32)28-16(36)10(5-31)27-13(7)33/h4,7-8,10-12,31-32H,1-3,5-6,20H2,(H,24,37)(H,26,35)(H,27,33)(H,28,36)(H,30,34)(H3,21,23,29)(H3,22,25,38)/t7-,8?,10-,11-,12-/m0/s1. The maximum Gasteiger partial charge on any atom is 0.316 e. The van der Waals surface area contributed by atoms with Gasteiger partial charge in [0.25, 0.3) is 5.91 Å². The van der Waals surface area contributed by atoms with Gasteiger partial charge in [0.15, 0.2) is 5.96 Å². The van der Waals surface area contributed by atoms with Crippen molar-refractivity contribution < 1.29 is 39.0 Å². The molecule has 0 aromatic rings. The van der Waals surface area contributed by atoms with Crippen LogP contribution in [0, 0.1) is 0 Å². The van der Waals surface area contributed by atoms with E-state index in [1.54, 1.807) is 0 Å². The molecule has 0 aromatic carbocycles. The Morgan fingerprint density at radius 1 is 0.974 bits per heavy atom. The topological polar surface area (TPSA) is 318 Å². The van der Waals surface area contributed by atoms with Crippen LogP contribution in [0.3, 0.4) is 0 Å². The quantitative estimate of drug-likeness (QED) is 0.148. The van der Waals surface area contributed by atoms with Gasteiger partial charge in [-0.15, -0.1) is 0 Å². The Kier molecular flexibility index (Phi) is 10.7. The number of guanidine groups is 1. The fraction of sp³-hybridized carbons (Fsp3) is 0.526. The second kappa shape index (κ2) is 13.7. The number of aliphatic hydroxyl groups excluding tert-OH is 2. The molecule has 1 fully saturated rings. The third-order valence-corrected chi connectivity index (χ3v) is 5.35. The van der Waals surface area contributed by atoms with Gasteiger partial charge in [0.05, 0.1) is 19.3 Å². The summed E-state index contributed by atoms with van der Waals surface area (Å²) in [7, 11) is 0. The van der Waals surface area contributed by atoms with Crippen molar-refractivity contribution in [3.63, 3.8) is 0 Å². The molecule has 0 saturated carbocycles. The van der Waals surface area contributed by atoms with Crippen LogP contribution in [0.15, 0.2) is 16.9 Å². The zero-order valence-electron chi connectivity index (χ0n) is 20.0. The highest BCUT2D eigenvalue weighted by atomic mass is 16.3. The van der Waals surface area contributed by atoms with Gasteiger partial charge in [-0.25, -0.2) is 4.79 Å². The number of nitrogens with one attached hydrogen (secondary N) is 7. The van der Waals surface area contributed by atoms with Crippen molar-refractivity contribution in [1.29, 1.82) is 0 Å². The van der Waals surface area contributed by atoms with Gasteiger partial charge >= 0.3 is 6.03 Å². The predicted molar refractivity (Wildman–Crippen MR) is 128 cm³/mol. The van der Waals surface area contributed by atoms with Crippen molar-refractivity contribution in [2.45, 2.75) is 36.6 Å². The monoisotopic (exact) mass is 541 g/mol. The van der Waals surface area contributed by atoms with Crippen LogP contribution in [0.1, 0.15) is 6.42 Å². The number of carbonyl (C=O) groups is 6. The van der Waals surface area contributed by atoms with Crippen molar-refractivity contribution in [2.75, 3.05) is 26.3 Å². The highest BCUT2D eigenvalue weighted by molar-refractivity contribution is 6.02. The molecule has 1 unspecified atom stereocenters. The number of rotatable bonds is 4. The van der Waals surface area contributed by atoms with Crippen molar-refractivity contribution >= 4 is 41.5 Å². The second-order valence-corrected chi connectivity index (χ2v) is 8.15. The van der Waals surface area contributed by atoms with E-state index in [1.165, 1.54) is 0 Å². The van der Waals surface area contributed by atoms with E-state index in [-0.39, 0.29) is 18.9 Å². The molecule has 2 rings (SSSR count). The Morgan fingerprint density at radius 2 is 1.61 bits per heavy atom. The predicted octanol–water partition coefficient (Wildman–Crippen LogP) is -7.82. The normalized spacial score (nSPS) is 29.0. The number of aliphatic imine (C=N–C) groups is 1. The smallest absolute Gasteiger partial charge is 0.316 e. The van der Waals surface area contributed by atoms with E-state index in [4.69, 9.17) is 17.2 Å². The lowest BCUT2D eigenvalue weighted by Gasteiger charge is -2.31. The summed E-state index contributed by atoms with van der Waals surface area (Å²) in [6, 6.07) is -7.87.